The van der Waals surface area contributed by atoms with Crippen molar-refractivity contribution in [1.29, 1.82) is 0 Å². The average Bonchev–Trinajstić information content (AvgIpc) is 3.58. The van der Waals surface area contributed by atoms with Crippen molar-refractivity contribution in [3.05, 3.63) is 54.5 Å². The van der Waals surface area contributed by atoms with Gasteiger partial charge in [-0.25, -0.2) is 14.1 Å². The number of hydrogen-bond acceptors (Lipinski definition) is 13. The Hall–Kier alpha value is -4.04. The zero-order valence-electron chi connectivity index (χ0n) is 29.9. The van der Waals surface area contributed by atoms with Crippen molar-refractivity contribution in [3.8, 4) is 5.75 Å². The second-order valence-corrected chi connectivity index (χ2v) is 15.7. The van der Waals surface area contributed by atoms with Crippen molar-refractivity contribution in [2.24, 2.45) is 11.8 Å². The fourth-order valence-corrected chi connectivity index (χ4v) is 7.42. The van der Waals surface area contributed by atoms with Crippen molar-refractivity contribution in [2.75, 3.05) is 12.3 Å². The first-order valence-electron chi connectivity index (χ1n) is 17.3. The maximum Gasteiger partial charge on any atom is 0.459 e. The number of anilines is 1. The molecule has 16 heteroatoms. The molecule has 2 fully saturated rings. The van der Waals surface area contributed by atoms with E-state index in [0.29, 0.717) is 11.2 Å². The largest absolute Gasteiger partial charge is 0.461 e. The number of aromatic nitrogens is 3. The summed E-state index contributed by atoms with van der Waals surface area (Å²) < 4.78 is 52.1. The summed E-state index contributed by atoms with van der Waals surface area (Å²) in [6, 6.07) is 10.7. The molecule has 3 aromatic rings. The van der Waals surface area contributed by atoms with Gasteiger partial charge in [-0.15, -0.1) is 0 Å². The van der Waals surface area contributed by atoms with E-state index in [1.807, 2.05) is 27.7 Å². The van der Waals surface area contributed by atoms with E-state index in [0.717, 1.165) is 19.3 Å². The highest BCUT2D eigenvalue weighted by atomic mass is 31.2. The number of nitrogens with one attached hydrogen (secondary N) is 1. The summed E-state index contributed by atoms with van der Waals surface area (Å²) in [6.45, 7) is 10.2. The van der Waals surface area contributed by atoms with E-state index in [-0.39, 0.29) is 42.3 Å². The average molecular weight is 730 g/mol. The molecular weight excluding hydrogens is 681 g/mol. The van der Waals surface area contributed by atoms with E-state index in [4.69, 9.17) is 33.7 Å². The van der Waals surface area contributed by atoms with Gasteiger partial charge in [-0.1, -0.05) is 45.9 Å². The standard InChI is InChI=1S/C35H48N5O10P/c1-21(2)17-29(41)47-31-27(19-45-51(44,50-25-11-8-7-9-12-25)39-23(5)34(43)46-24-13-10-14-24)49-35(6,32(31)48-30(42)18-22(3)4)28-16-15-26-33(36)37-20-38-40(26)28/h7-9,11-12,15-16,20-24,27,31-32H,10,13-14,17-19H2,1-6H3,(H,39,44)(H2,36,37,38)/t23?,27-,31-,32-,35+,51?/m1/s1. The van der Waals surface area contributed by atoms with Crippen LogP contribution in [0.1, 0.15) is 79.3 Å². The van der Waals surface area contributed by atoms with Crippen LogP contribution in [0.3, 0.4) is 0 Å². The number of carbonyl (C=O) groups excluding carboxylic acids is 3. The van der Waals surface area contributed by atoms with Gasteiger partial charge >= 0.3 is 25.7 Å². The summed E-state index contributed by atoms with van der Waals surface area (Å²) in [6.07, 6.45) is 0.158. The van der Waals surface area contributed by atoms with E-state index >= 15 is 0 Å². The molecular formula is C35H48N5O10P. The van der Waals surface area contributed by atoms with Crippen LogP contribution in [0.25, 0.3) is 5.52 Å². The first-order valence-corrected chi connectivity index (χ1v) is 18.8. The Kier molecular flexibility index (Phi) is 12.1. The molecule has 6 atom stereocenters. The molecule has 2 unspecified atom stereocenters. The predicted molar refractivity (Wildman–Crippen MR) is 185 cm³/mol. The van der Waals surface area contributed by atoms with E-state index in [9.17, 15) is 18.9 Å². The van der Waals surface area contributed by atoms with Crippen LogP contribution >= 0.6 is 7.75 Å². The van der Waals surface area contributed by atoms with E-state index in [2.05, 4.69) is 15.2 Å². The van der Waals surface area contributed by atoms with Crippen LogP contribution in [0, 0.1) is 11.8 Å². The number of hydrogen-bond donors (Lipinski definition) is 2. The lowest BCUT2D eigenvalue weighted by Crippen LogP contribution is -2.45. The Morgan fingerprint density at radius 2 is 1.67 bits per heavy atom. The third-order valence-electron chi connectivity index (χ3n) is 8.69. The number of ether oxygens (including phenoxy) is 4. The molecule has 1 aromatic carbocycles. The van der Waals surface area contributed by atoms with Gasteiger partial charge in [0.15, 0.2) is 18.0 Å². The van der Waals surface area contributed by atoms with Gasteiger partial charge in [0.25, 0.3) is 0 Å². The number of rotatable bonds is 16. The molecule has 5 rings (SSSR count). The van der Waals surface area contributed by atoms with Crippen LogP contribution in [0.5, 0.6) is 5.75 Å². The molecule has 1 aliphatic heterocycles. The third kappa shape index (κ3) is 9.26. The van der Waals surface area contributed by atoms with Gasteiger partial charge in [0.1, 0.15) is 41.4 Å². The summed E-state index contributed by atoms with van der Waals surface area (Å²) in [4.78, 5) is 43.5. The number of carbonyl (C=O) groups is 3. The number of benzene rings is 1. The van der Waals surface area contributed by atoms with Gasteiger partial charge in [-0.3, -0.25) is 18.9 Å². The number of nitrogen functional groups attached to an aromatic ring is 1. The minimum Gasteiger partial charge on any atom is -0.461 e. The smallest absolute Gasteiger partial charge is 0.459 e. The third-order valence-corrected chi connectivity index (χ3v) is 10.3. The molecule has 1 saturated heterocycles. The van der Waals surface area contributed by atoms with Crippen molar-refractivity contribution in [2.45, 2.75) is 110 Å². The van der Waals surface area contributed by atoms with Crippen LogP contribution in [-0.4, -0.2) is 69.6 Å². The molecule has 0 radical (unpaired) electrons. The van der Waals surface area contributed by atoms with Gasteiger partial charge < -0.3 is 29.2 Å². The number of esters is 3. The van der Waals surface area contributed by atoms with Crippen LogP contribution in [0.2, 0.25) is 0 Å². The summed E-state index contributed by atoms with van der Waals surface area (Å²) in [5.74, 6) is -1.35. The molecule has 51 heavy (non-hydrogen) atoms. The maximum absolute atomic E-state index is 14.4. The highest BCUT2D eigenvalue weighted by Crippen LogP contribution is 2.48. The molecule has 278 valence electrons. The molecule has 2 aromatic heterocycles. The summed E-state index contributed by atoms with van der Waals surface area (Å²) in [5.41, 5.74) is 5.55. The van der Waals surface area contributed by atoms with Crippen LogP contribution in [0.15, 0.2) is 48.8 Å². The second-order valence-electron chi connectivity index (χ2n) is 14.0. The minimum absolute atomic E-state index is 0.0288. The normalized spacial score (nSPS) is 23.8. The highest BCUT2D eigenvalue weighted by Gasteiger charge is 2.59. The number of nitrogens with two attached hydrogens (primary N) is 1. The molecule has 0 spiro atoms. The van der Waals surface area contributed by atoms with Gasteiger partial charge in [0, 0.05) is 12.8 Å². The summed E-state index contributed by atoms with van der Waals surface area (Å²) >= 11 is 0. The SMILES string of the molecule is CC(C)CC(=O)O[C@H]1[C@@H](OC(=O)CC(C)C)[C@](C)(c2ccc3c(N)ncnn23)O[C@@H]1COP(=O)(NC(C)C(=O)OC1CCC1)Oc1ccccc1. The fraction of sp³-hybridized carbons (Fsp3) is 0.571. The zero-order chi connectivity index (χ0) is 36.9. The van der Waals surface area contributed by atoms with Crippen LogP contribution < -0.4 is 15.3 Å². The second kappa shape index (κ2) is 16.1. The van der Waals surface area contributed by atoms with Crippen molar-refractivity contribution >= 4 is 37.0 Å². The molecule has 1 saturated carbocycles. The van der Waals surface area contributed by atoms with Gasteiger partial charge in [0.2, 0.25) is 0 Å². The minimum atomic E-state index is -4.36. The Morgan fingerprint density at radius 3 is 2.29 bits per heavy atom. The summed E-state index contributed by atoms with van der Waals surface area (Å²) in [7, 11) is -4.36. The first kappa shape index (κ1) is 38.2. The number of fused-ring (bicyclic) bond motifs is 1. The first-order chi connectivity index (χ1) is 24.2. The Bertz CT molecular complexity index is 1730. The van der Waals surface area contributed by atoms with E-state index in [1.54, 1.807) is 49.4 Å². The van der Waals surface area contributed by atoms with Crippen LogP contribution in [-0.2, 0) is 48.0 Å². The monoisotopic (exact) mass is 729 g/mol. The van der Waals surface area contributed by atoms with Gasteiger partial charge in [0.05, 0.1) is 12.3 Å². The van der Waals surface area contributed by atoms with E-state index in [1.165, 1.54) is 17.8 Å². The number of para-hydroxylation sites is 1. The topological polar surface area (TPSA) is 192 Å². The predicted octanol–water partition coefficient (Wildman–Crippen LogP) is 5.12. The molecule has 3 N–H and O–H groups in total. The lowest BCUT2D eigenvalue weighted by atomic mass is 9.92. The van der Waals surface area contributed by atoms with Crippen molar-refractivity contribution in [1.82, 2.24) is 19.7 Å². The molecule has 0 amide bonds. The van der Waals surface area contributed by atoms with Crippen molar-refractivity contribution in [3.63, 3.8) is 0 Å². The van der Waals surface area contributed by atoms with Crippen LogP contribution in [0.4, 0.5) is 5.82 Å². The number of nitrogens with zero attached hydrogens (tertiary/aromatic N) is 3. The van der Waals surface area contributed by atoms with Gasteiger partial charge in [-0.2, -0.15) is 10.2 Å². The zero-order valence-corrected chi connectivity index (χ0v) is 30.7. The lowest BCUT2D eigenvalue weighted by Gasteiger charge is -2.31. The molecule has 15 nitrogen and oxygen atoms in total. The molecule has 1 aliphatic carbocycles. The van der Waals surface area contributed by atoms with Crippen molar-refractivity contribution < 1.29 is 46.9 Å². The maximum atomic E-state index is 14.4. The quantitative estimate of drug-likeness (QED) is 0.112. The Morgan fingerprint density at radius 1 is 1.00 bits per heavy atom. The molecule has 3 heterocycles. The Labute approximate surface area is 297 Å². The van der Waals surface area contributed by atoms with E-state index < -0.39 is 62.2 Å². The molecule has 2 aliphatic rings. The lowest BCUT2D eigenvalue weighted by molar-refractivity contribution is -0.172. The summed E-state index contributed by atoms with van der Waals surface area (Å²) in [5, 5.41) is 7.06. The fourth-order valence-electron chi connectivity index (χ4n) is 5.92. The molecule has 0 bridgehead atoms. The van der Waals surface area contributed by atoms with Gasteiger partial charge in [-0.05, 0) is 69.2 Å². The highest BCUT2D eigenvalue weighted by molar-refractivity contribution is 7.52. The Balaban J connectivity index is 1.50.